The molecule has 0 fully saturated rings. The van der Waals surface area contributed by atoms with E-state index in [-0.39, 0.29) is 10.8 Å². The van der Waals surface area contributed by atoms with E-state index in [1.54, 1.807) is 20.8 Å². The lowest BCUT2D eigenvalue weighted by Gasteiger charge is -2.19. The summed E-state index contributed by atoms with van der Waals surface area (Å²) in [4.78, 5) is 18.9. The molecule has 0 radical (unpaired) electrons. The second-order valence-corrected chi connectivity index (χ2v) is 6.93. The van der Waals surface area contributed by atoms with Gasteiger partial charge < -0.3 is 4.74 Å². The molecule has 0 saturated heterocycles. The van der Waals surface area contributed by atoms with Gasteiger partial charge in [0.1, 0.15) is 10.8 Å². The minimum Gasteiger partial charge on any atom is -0.455 e. The van der Waals surface area contributed by atoms with Gasteiger partial charge in [-0.05, 0) is 20.8 Å². The van der Waals surface area contributed by atoms with Gasteiger partial charge in [-0.1, -0.05) is 11.6 Å². The van der Waals surface area contributed by atoms with Gasteiger partial charge in [-0.3, -0.25) is 0 Å². The van der Waals surface area contributed by atoms with Crippen molar-refractivity contribution in [2.75, 3.05) is 6.26 Å². The minimum atomic E-state index is -3.64. The van der Waals surface area contributed by atoms with E-state index in [4.69, 9.17) is 16.3 Å². The topological polar surface area (TPSA) is 86.2 Å². The van der Waals surface area contributed by atoms with Crippen LogP contribution in [0.1, 0.15) is 31.3 Å². The van der Waals surface area contributed by atoms with Gasteiger partial charge in [-0.25, -0.2) is 23.2 Å². The summed E-state index contributed by atoms with van der Waals surface area (Å²) >= 11 is 5.65. The first-order valence-electron chi connectivity index (χ1n) is 4.97. The first-order chi connectivity index (χ1) is 7.99. The Bertz CT molecular complexity index is 578. The number of sulfone groups is 1. The van der Waals surface area contributed by atoms with Gasteiger partial charge in [0.2, 0.25) is 15.0 Å². The first-order valence-corrected chi connectivity index (χ1v) is 7.24. The van der Waals surface area contributed by atoms with Gasteiger partial charge in [0, 0.05) is 12.3 Å². The van der Waals surface area contributed by atoms with Gasteiger partial charge in [0.15, 0.2) is 5.69 Å². The Morgan fingerprint density at radius 3 is 2.33 bits per heavy atom. The summed E-state index contributed by atoms with van der Waals surface area (Å²) in [6.07, 6.45) is 0.928. The number of esters is 1. The van der Waals surface area contributed by atoms with Crippen LogP contribution in [0.15, 0.2) is 11.2 Å². The van der Waals surface area contributed by atoms with E-state index < -0.39 is 26.6 Å². The van der Waals surface area contributed by atoms with Crippen molar-refractivity contribution in [3.8, 4) is 0 Å². The highest BCUT2D eigenvalue weighted by atomic mass is 35.5. The Labute approximate surface area is 110 Å². The van der Waals surface area contributed by atoms with Gasteiger partial charge in [-0.2, -0.15) is 0 Å². The molecule has 0 aliphatic heterocycles. The fourth-order valence-electron chi connectivity index (χ4n) is 0.998. The highest BCUT2D eigenvalue weighted by molar-refractivity contribution is 7.90. The Morgan fingerprint density at radius 2 is 1.89 bits per heavy atom. The molecule has 0 atom stereocenters. The smallest absolute Gasteiger partial charge is 0.357 e. The molecule has 100 valence electrons. The van der Waals surface area contributed by atoms with Crippen LogP contribution < -0.4 is 0 Å². The van der Waals surface area contributed by atoms with E-state index in [1.807, 2.05) is 0 Å². The van der Waals surface area contributed by atoms with Gasteiger partial charge in [0.25, 0.3) is 0 Å². The first kappa shape index (κ1) is 14.8. The lowest BCUT2D eigenvalue weighted by atomic mass is 10.2. The fraction of sp³-hybridized carbons (Fsp3) is 0.500. The summed E-state index contributed by atoms with van der Waals surface area (Å²) in [7, 11) is -3.64. The summed E-state index contributed by atoms with van der Waals surface area (Å²) in [5.41, 5.74) is -0.898. The Kier molecular flexibility index (Phi) is 3.97. The fourth-order valence-corrected chi connectivity index (χ4v) is 1.76. The molecule has 8 heteroatoms. The molecule has 0 bridgehead atoms. The minimum absolute atomic E-state index is 0.133. The molecule has 6 nitrogen and oxygen atoms in total. The maximum absolute atomic E-state index is 11.7. The summed E-state index contributed by atoms with van der Waals surface area (Å²) in [5, 5.41) is -0.637. The number of carbonyl (C=O) groups excluding carboxylic acids is 1. The van der Waals surface area contributed by atoms with Crippen molar-refractivity contribution < 1.29 is 17.9 Å². The highest BCUT2D eigenvalue weighted by Crippen LogP contribution is 2.15. The van der Waals surface area contributed by atoms with Gasteiger partial charge >= 0.3 is 5.97 Å². The number of hydrogen-bond donors (Lipinski definition) is 0. The van der Waals surface area contributed by atoms with Crippen LogP contribution in [0, 0.1) is 0 Å². The summed E-state index contributed by atoms with van der Waals surface area (Å²) in [5.74, 6) is -0.753. The molecule has 1 aromatic rings. The number of carbonyl (C=O) groups is 1. The van der Waals surface area contributed by atoms with Crippen LogP contribution in [0.3, 0.4) is 0 Å². The normalized spacial score (nSPS) is 12.3. The number of hydrogen-bond acceptors (Lipinski definition) is 6. The van der Waals surface area contributed by atoms with Crippen LogP contribution in [-0.2, 0) is 14.6 Å². The third-order valence-corrected chi connectivity index (χ3v) is 2.65. The van der Waals surface area contributed by atoms with Gasteiger partial charge in [-0.15, -0.1) is 0 Å². The largest absolute Gasteiger partial charge is 0.455 e. The van der Waals surface area contributed by atoms with Crippen molar-refractivity contribution >= 4 is 27.4 Å². The average Bonchev–Trinajstić information content (AvgIpc) is 2.12. The van der Waals surface area contributed by atoms with Crippen LogP contribution in [0.25, 0.3) is 0 Å². The number of nitrogens with zero attached hydrogens (tertiary/aromatic N) is 2. The van der Waals surface area contributed by atoms with Crippen LogP contribution in [0.2, 0.25) is 5.15 Å². The molecule has 0 amide bonds. The van der Waals surface area contributed by atoms with E-state index in [2.05, 4.69) is 9.97 Å². The number of halogens is 1. The van der Waals surface area contributed by atoms with Crippen LogP contribution in [0.5, 0.6) is 0 Å². The second kappa shape index (κ2) is 4.81. The Morgan fingerprint density at radius 1 is 1.33 bits per heavy atom. The third-order valence-electron chi connectivity index (χ3n) is 1.61. The monoisotopic (exact) mass is 292 g/mol. The molecule has 1 rings (SSSR count). The zero-order valence-corrected chi connectivity index (χ0v) is 12.0. The van der Waals surface area contributed by atoms with E-state index >= 15 is 0 Å². The number of rotatable bonds is 2. The quantitative estimate of drug-likeness (QED) is 0.466. The lowest BCUT2D eigenvalue weighted by molar-refractivity contribution is 0.00617. The molecule has 18 heavy (non-hydrogen) atoms. The van der Waals surface area contributed by atoms with Crippen molar-refractivity contribution in [2.24, 2.45) is 0 Å². The predicted molar refractivity (Wildman–Crippen MR) is 65.3 cm³/mol. The molecule has 0 N–H and O–H groups in total. The molecule has 1 heterocycles. The standard InChI is InChI=1S/C10H13ClN2O4S/c1-10(2,3)17-8(14)6-5-7(11)13-9(12-6)18(4,15)16/h5H,1-4H3. The second-order valence-electron chi connectivity index (χ2n) is 4.63. The molecule has 0 unspecified atom stereocenters. The molecule has 0 spiro atoms. The van der Waals surface area contributed by atoms with Crippen LogP contribution >= 0.6 is 11.6 Å². The Hall–Kier alpha value is -1.21. The van der Waals surface area contributed by atoms with E-state index in [9.17, 15) is 13.2 Å². The summed E-state index contributed by atoms with van der Waals surface area (Å²) in [6, 6.07) is 1.16. The van der Waals surface area contributed by atoms with Gasteiger partial charge in [0.05, 0.1) is 0 Å². The predicted octanol–water partition coefficient (Wildman–Crippen LogP) is 1.49. The zero-order valence-electron chi connectivity index (χ0n) is 10.4. The highest BCUT2D eigenvalue weighted by Gasteiger charge is 2.22. The average molecular weight is 293 g/mol. The summed E-state index contributed by atoms with van der Waals surface area (Å²) < 4.78 is 27.7. The Balaban J connectivity index is 3.19. The maximum atomic E-state index is 11.7. The molecule has 0 aliphatic carbocycles. The van der Waals surface area contributed by atoms with E-state index in [1.165, 1.54) is 0 Å². The molecule has 0 aromatic carbocycles. The zero-order chi connectivity index (χ0) is 14.1. The maximum Gasteiger partial charge on any atom is 0.357 e. The third kappa shape index (κ3) is 4.23. The van der Waals surface area contributed by atoms with Crippen molar-refractivity contribution in [3.63, 3.8) is 0 Å². The molecule has 0 aliphatic rings. The number of aromatic nitrogens is 2. The lowest BCUT2D eigenvalue weighted by Crippen LogP contribution is -2.25. The van der Waals surface area contributed by atoms with Crippen molar-refractivity contribution in [1.82, 2.24) is 9.97 Å². The van der Waals surface area contributed by atoms with Crippen LogP contribution in [0.4, 0.5) is 0 Å². The van der Waals surface area contributed by atoms with E-state index in [0.29, 0.717) is 0 Å². The van der Waals surface area contributed by atoms with E-state index in [0.717, 1.165) is 12.3 Å². The molecule has 0 saturated carbocycles. The van der Waals surface area contributed by atoms with Crippen molar-refractivity contribution in [1.29, 1.82) is 0 Å². The van der Waals surface area contributed by atoms with Crippen molar-refractivity contribution in [3.05, 3.63) is 16.9 Å². The SMILES string of the molecule is CC(C)(C)OC(=O)c1cc(Cl)nc(S(C)(=O)=O)n1. The number of ether oxygens (including phenoxy) is 1. The molecule has 1 aromatic heterocycles. The molecular formula is C10H13ClN2O4S. The summed E-state index contributed by atoms with van der Waals surface area (Å²) in [6.45, 7) is 5.06. The van der Waals surface area contributed by atoms with Crippen LogP contribution in [-0.4, -0.2) is 36.2 Å². The van der Waals surface area contributed by atoms with Crippen molar-refractivity contribution in [2.45, 2.75) is 31.5 Å². The molecular weight excluding hydrogens is 280 g/mol.